The summed E-state index contributed by atoms with van der Waals surface area (Å²) in [4.78, 5) is 16.7. The van der Waals surface area contributed by atoms with Gasteiger partial charge in [0.2, 0.25) is 0 Å². The Morgan fingerprint density at radius 1 is 1.29 bits per heavy atom. The molecule has 0 atom stereocenters. The lowest BCUT2D eigenvalue weighted by Gasteiger charge is -2.03. The Morgan fingerprint density at radius 3 is 2.62 bits per heavy atom. The van der Waals surface area contributed by atoms with E-state index in [0.29, 0.717) is 5.56 Å². The third-order valence-electron chi connectivity index (χ3n) is 4.11. The Morgan fingerprint density at radius 2 is 2.00 bits per heavy atom. The van der Waals surface area contributed by atoms with Gasteiger partial charge < -0.3 is 14.6 Å². The van der Waals surface area contributed by atoms with Gasteiger partial charge in [0.25, 0.3) is 5.91 Å². The predicted molar refractivity (Wildman–Crippen MR) is 96.6 cm³/mol. The predicted octanol–water partition coefficient (Wildman–Crippen LogP) is 3.49. The fourth-order valence-corrected chi connectivity index (χ4v) is 3.39. The van der Waals surface area contributed by atoms with Gasteiger partial charge in [-0.25, -0.2) is 4.98 Å². The first kappa shape index (κ1) is 16.3. The first-order chi connectivity index (χ1) is 11.5. The number of carbonyl (C=O) groups is 1. The van der Waals surface area contributed by atoms with Crippen LogP contribution in [0.5, 0.6) is 5.75 Å². The molecule has 24 heavy (non-hydrogen) atoms. The summed E-state index contributed by atoms with van der Waals surface area (Å²) in [6.45, 7) is 1.94. The largest absolute Gasteiger partial charge is 0.497 e. The second-order valence-corrected chi connectivity index (χ2v) is 6.29. The molecule has 0 saturated carbocycles. The molecule has 2 aromatic heterocycles. The van der Waals surface area contributed by atoms with Gasteiger partial charge in [-0.05, 0) is 37.3 Å². The molecule has 0 unspecified atom stereocenters. The number of thiazole rings is 1. The van der Waals surface area contributed by atoms with Crippen LogP contribution in [-0.4, -0.2) is 29.6 Å². The molecule has 0 bridgehead atoms. The zero-order chi connectivity index (χ0) is 17.3. The highest BCUT2D eigenvalue weighted by Gasteiger charge is 2.17. The second kappa shape index (κ2) is 6.49. The standard InChI is InChI=1S/C18H19N3O2S/c1-11-14(17(22)19-2)9-16(21(11)3)15-10-24-18(20-15)12-5-7-13(23-4)8-6-12/h5-10H,1-4H3,(H,19,22). The Bertz CT molecular complexity index is 878. The van der Waals surface area contributed by atoms with Crippen LogP contribution in [0.2, 0.25) is 0 Å². The number of nitrogens with zero attached hydrogens (tertiary/aromatic N) is 2. The summed E-state index contributed by atoms with van der Waals surface area (Å²) < 4.78 is 7.18. The van der Waals surface area contributed by atoms with Crippen molar-refractivity contribution < 1.29 is 9.53 Å². The molecule has 124 valence electrons. The highest BCUT2D eigenvalue weighted by molar-refractivity contribution is 7.13. The van der Waals surface area contributed by atoms with Gasteiger partial charge in [-0.2, -0.15) is 0 Å². The number of carbonyl (C=O) groups excluding carboxylic acids is 1. The molecule has 1 amide bonds. The topological polar surface area (TPSA) is 56.1 Å². The van der Waals surface area contributed by atoms with E-state index in [-0.39, 0.29) is 5.91 Å². The average Bonchev–Trinajstić information content (AvgIpc) is 3.20. The van der Waals surface area contributed by atoms with E-state index in [2.05, 4.69) is 5.32 Å². The number of hydrogen-bond acceptors (Lipinski definition) is 4. The maximum atomic E-state index is 12.0. The fraction of sp³-hybridized carbons (Fsp3) is 0.222. The Hall–Kier alpha value is -2.60. The van der Waals surface area contributed by atoms with E-state index in [1.54, 1.807) is 25.5 Å². The van der Waals surface area contributed by atoms with E-state index < -0.39 is 0 Å². The van der Waals surface area contributed by atoms with Crippen molar-refractivity contribution in [2.75, 3.05) is 14.2 Å². The van der Waals surface area contributed by atoms with E-state index in [1.807, 2.05) is 54.3 Å². The quantitative estimate of drug-likeness (QED) is 0.790. The maximum absolute atomic E-state index is 12.0. The third kappa shape index (κ3) is 2.80. The molecule has 0 aliphatic heterocycles. The van der Waals surface area contributed by atoms with Crippen molar-refractivity contribution >= 4 is 17.2 Å². The van der Waals surface area contributed by atoms with Crippen LogP contribution >= 0.6 is 11.3 Å². The summed E-state index contributed by atoms with van der Waals surface area (Å²) in [5, 5.41) is 5.63. The minimum Gasteiger partial charge on any atom is -0.497 e. The number of rotatable bonds is 4. The molecular formula is C18H19N3O2S. The zero-order valence-corrected chi connectivity index (χ0v) is 14.9. The van der Waals surface area contributed by atoms with Crippen LogP contribution in [0, 0.1) is 6.92 Å². The van der Waals surface area contributed by atoms with E-state index in [9.17, 15) is 4.79 Å². The number of ether oxygens (including phenoxy) is 1. The minimum absolute atomic E-state index is 0.0834. The first-order valence-electron chi connectivity index (χ1n) is 7.54. The first-order valence-corrected chi connectivity index (χ1v) is 8.42. The average molecular weight is 341 g/mol. The van der Waals surface area contributed by atoms with Crippen LogP contribution in [0.1, 0.15) is 16.1 Å². The van der Waals surface area contributed by atoms with Crippen LogP contribution in [-0.2, 0) is 7.05 Å². The molecule has 3 aromatic rings. The summed E-state index contributed by atoms with van der Waals surface area (Å²) in [6.07, 6.45) is 0. The van der Waals surface area contributed by atoms with Crippen molar-refractivity contribution in [3.8, 4) is 27.7 Å². The fourth-order valence-electron chi connectivity index (χ4n) is 2.57. The van der Waals surface area contributed by atoms with E-state index >= 15 is 0 Å². The van der Waals surface area contributed by atoms with Crippen molar-refractivity contribution in [3.05, 3.63) is 47.0 Å². The molecule has 0 aliphatic rings. The monoisotopic (exact) mass is 341 g/mol. The molecule has 5 nitrogen and oxygen atoms in total. The molecule has 0 saturated heterocycles. The lowest BCUT2D eigenvalue weighted by molar-refractivity contribution is 0.0962. The summed E-state index contributed by atoms with van der Waals surface area (Å²) in [5.74, 6) is 0.740. The number of amides is 1. The SMILES string of the molecule is CNC(=O)c1cc(-c2csc(-c3ccc(OC)cc3)n2)n(C)c1C. The van der Waals surface area contributed by atoms with Gasteiger partial charge in [-0.15, -0.1) is 11.3 Å². The molecule has 6 heteroatoms. The van der Waals surface area contributed by atoms with Crippen molar-refractivity contribution in [1.29, 1.82) is 0 Å². The number of methoxy groups -OCH3 is 1. The van der Waals surface area contributed by atoms with Gasteiger partial charge in [0.1, 0.15) is 10.8 Å². The minimum atomic E-state index is -0.0834. The number of nitrogens with one attached hydrogen (secondary N) is 1. The van der Waals surface area contributed by atoms with Crippen molar-refractivity contribution in [2.45, 2.75) is 6.92 Å². The smallest absolute Gasteiger partial charge is 0.252 e. The van der Waals surface area contributed by atoms with Gasteiger partial charge in [-0.3, -0.25) is 4.79 Å². The van der Waals surface area contributed by atoms with Gasteiger partial charge in [0, 0.05) is 30.7 Å². The van der Waals surface area contributed by atoms with Gasteiger partial charge in [0.15, 0.2) is 0 Å². The van der Waals surface area contributed by atoms with Gasteiger partial charge >= 0.3 is 0 Å². The number of aromatic nitrogens is 2. The molecule has 1 aromatic carbocycles. The lowest BCUT2D eigenvalue weighted by atomic mass is 10.2. The molecule has 0 radical (unpaired) electrons. The van der Waals surface area contributed by atoms with Crippen LogP contribution in [0.4, 0.5) is 0 Å². The van der Waals surface area contributed by atoms with Crippen LogP contribution in [0.3, 0.4) is 0 Å². The van der Waals surface area contributed by atoms with Crippen LogP contribution in [0.15, 0.2) is 35.7 Å². The van der Waals surface area contributed by atoms with Crippen LogP contribution in [0.25, 0.3) is 22.0 Å². The van der Waals surface area contributed by atoms with Crippen molar-refractivity contribution in [1.82, 2.24) is 14.9 Å². The lowest BCUT2D eigenvalue weighted by Crippen LogP contribution is -2.18. The Labute approximate surface area is 144 Å². The third-order valence-corrected chi connectivity index (χ3v) is 5.00. The van der Waals surface area contributed by atoms with E-state index in [1.165, 1.54) is 0 Å². The van der Waals surface area contributed by atoms with E-state index in [0.717, 1.165) is 33.4 Å². The highest BCUT2D eigenvalue weighted by atomic mass is 32.1. The summed E-state index contributed by atoms with van der Waals surface area (Å²) >= 11 is 1.58. The number of hydrogen-bond donors (Lipinski definition) is 1. The molecular weight excluding hydrogens is 322 g/mol. The van der Waals surface area contributed by atoms with Gasteiger partial charge in [-0.1, -0.05) is 0 Å². The molecule has 0 aliphatic carbocycles. The second-order valence-electron chi connectivity index (χ2n) is 5.43. The molecule has 2 heterocycles. The highest BCUT2D eigenvalue weighted by Crippen LogP contribution is 2.31. The Balaban J connectivity index is 1.97. The summed E-state index contributed by atoms with van der Waals surface area (Å²) in [6, 6.07) is 9.72. The summed E-state index contributed by atoms with van der Waals surface area (Å²) in [5.41, 5.74) is 4.44. The molecule has 0 spiro atoms. The van der Waals surface area contributed by atoms with E-state index in [4.69, 9.17) is 9.72 Å². The van der Waals surface area contributed by atoms with Gasteiger partial charge in [0.05, 0.1) is 24.1 Å². The normalized spacial score (nSPS) is 10.7. The zero-order valence-electron chi connectivity index (χ0n) is 14.1. The maximum Gasteiger partial charge on any atom is 0.252 e. The Kier molecular flexibility index (Phi) is 4.40. The molecule has 1 N–H and O–H groups in total. The number of benzene rings is 1. The van der Waals surface area contributed by atoms with Crippen molar-refractivity contribution in [2.24, 2.45) is 7.05 Å². The molecule has 0 fully saturated rings. The summed E-state index contributed by atoms with van der Waals surface area (Å²) in [7, 11) is 5.24. The van der Waals surface area contributed by atoms with Crippen molar-refractivity contribution in [3.63, 3.8) is 0 Å². The molecule has 3 rings (SSSR count). The van der Waals surface area contributed by atoms with Crippen LogP contribution < -0.4 is 10.1 Å².